The van der Waals surface area contributed by atoms with Gasteiger partial charge in [-0.05, 0) is 32.4 Å². The molecule has 1 N–H and O–H groups in total. The molecule has 1 rings (SSSR count). The molecule has 1 aromatic heterocycles. The van der Waals surface area contributed by atoms with Crippen molar-refractivity contribution in [3.8, 4) is 0 Å². The quantitative estimate of drug-likeness (QED) is 0.870. The molecule has 18 heavy (non-hydrogen) atoms. The van der Waals surface area contributed by atoms with Crippen molar-refractivity contribution >= 4 is 17.7 Å². The van der Waals surface area contributed by atoms with Crippen LogP contribution in [0.3, 0.4) is 0 Å². The average molecular weight is 250 g/mol. The highest BCUT2D eigenvalue weighted by Gasteiger charge is 2.19. The van der Waals surface area contributed by atoms with E-state index in [0.717, 1.165) is 6.42 Å². The van der Waals surface area contributed by atoms with Gasteiger partial charge in [0.05, 0.1) is 5.56 Å². The molecule has 0 bridgehead atoms. The molecule has 0 saturated heterocycles. The minimum absolute atomic E-state index is 0.00285. The lowest BCUT2D eigenvalue weighted by Gasteiger charge is -2.25. The van der Waals surface area contributed by atoms with E-state index >= 15 is 0 Å². The SMILES string of the molecule is CCCC(=O)N(c1ccc(C(=O)O)cn1)C(C)C. The second kappa shape index (κ2) is 6.14. The van der Waals surface area contributed by atoms with E-state index < -0.39 is 5.97 Å². The molecular weight excluding hydrogens is 232 g/mol. The highest BCUT2D eigenvalue weighted by atomic mass is 16.4. The van der Waals surface area contributed by atoms with Gasteiger partial charge in [-0.15, -0.1) is 0 Å². The molecule has 1 aromatic rings. The zero-order valence-corrected chi connectivity index (χ0v) is 10.9. The van der Waals surface area contributed by atoms with Crippen molar-refractivity contribution in [3.63, 3.8) is 0 Å². The summed E-state index contributed by atoms with van der Waals surface area (Å²) in [6.07, 6.45) is 2.50. The third-order valence-corrected chi connectivity index (χ3v) is 2.49. The van der Waals surface area contributed by atoms with Crippen LogP contribution in [0.4, 0.5) is 5.82 Å². The summed E-state index contributed by atoms with van der Waals surface area (Å²) in [5.74, 6) is -0.526. The molecule has 1 amide bonds. The number of nitrogens with zero attached hydrogens (tertiary/aromatic N) is 2. The van der Waals surface area contributed by atoms with E-state index in [1.54, 1.807) is 11.0 Å². The molecule has 5 heteroatoms. The summed E-state index contributed by atoms with van der Waals surface area (Å²) in [5, 5.41) is 8.80. The maximum Gasteiger partial charge on any atom is 0.337 e. The lowest BCUT2D eigenvalue weighted by atomic mass is 10.2. The number of aromatic carboxylic acids is 1. The van der Waals surface area contributed by atoms with Gasteiger partial charge in [0.2, 0.25) is 5.91 Å². The second-order valence-corrected chi connectivity index (χ2v) is 4.32. The number of anilines is 1. The van der Waals surface area contributed by atoms with Gasteiger partial charge in [-0.1, -0.05) is 6.92 Å². The van der Waals surface area contributed by atoms with Crippen LogP contribution in [0.5, 0.6) is 0 Å². The summed E-state index contributed by atoms with van der Waals surface area (Å²) in [4.78, 5) is 28.3. The Hall–Kier alpha value is -1.91. The molecule has 0 fully saturated rings. The molecular formula is C13H18N2O3. The number of rotatable bonds is 5. The summed E-state index contributed by atoms with van der Waals surface area (Å²) in [6.45, 7) is 5.75. The van der Waals surface area contributed by atoms with E-state index in [-0.39, 0.29) is 17.5 Å². The first kappa shape index (κ1) is 14.2. The largest absolute Gasteiger partial charge is 0.478 e. The van der Waals surface area contributed by atoms with Gasteiger partial charge in [-0.3, -0.25) is 9.69 Å². The van der Waals surface area contributed by atoms with Crippen LogP contribution in [0, 0.1) is 0 Å². The van der Waals surface area contributed by atoms with Crippen molar-refractivity contribution < 1.29 is 14.7 Å². The highest BCUT2D eigenvalue weighted by Crippen LogP contribution is 2.16. The van der Waals surface area contributed by atoms with Crippen LogP contribution in [0.15, 0.2) is 18.3 Å². The predicted octanol–water partition coefficient (Wildman–Crippen LogP) is 2.32. The zero-order valence-electron chi connectivity index (χ0n) is 10.9. The normalized spacial score (nSPS) is 10.4. The number of hydrogen-bond donors (Lipinski definition) is 1. The molecule has 98 valence electrons. The van der Waals surface area contributed by atoms with E-state index in [2.05, 4.69) is 4.98 Å². The van der Waals surface area contributed by atoms with Gasteiger partial charge in [-0.25, -0.2) is 9.78 Å². The minimum Gasteiger partial charge on any atom is -0.478 e. The average Bonchev–Trinajstić information content (AvgIpc) is 2.29. The Morgan fingerprint density at radius 1 is 1.39 bits per heavy atom. The molecule has 0 aliphatic rings. The highest BCUT2D eigenvalue weighted by molar-refractivity contribution is 5.93. The Bertz CT molecular complexity index is 426. The zero-order chi connectivity index (χ0) is 13.7. The fourth-order valence-corrected chi connectivity index (χ4v) is 1.67. The van der Waals surface area contributed by atoms with Crippen molar-refractivity contribution in [2.45, 2.75) is 39.7 Å². The number of pyridine rings is 1. The molecule has 5 nitrogen and oxygen atoms in total. The standard InChI is InChI=1S/C13H18N2O3/c1-4-5-12(16)15(9(2)3)11-7-6-10(8-14-11)13(17)18/h6-9H,4-5H2,1-3H3,(H,17,18). The van der Waals surface area contributed by atoms with Crippen LogP contribution in [-0.2, 0) is 4.79 Å². The number of carboxylic acids is 1. The molecule has 1 heterocycles. The van der Waals surface area contributed by atoms with Crippen molar-refractivity contribution in [2.75, 3.05) is 4.90 Å². The lowest BCUT2D eigenvalue weighted by Crippen LogP contribution is -2.37. The van der Waals surface area contributed by atoms with Gasteiger partial charge in [-0.2, -0.15) is 0 Å². The van der Waals surface area contributed by atoms with E-state index in [4.69, 9.17) is 5.11 Å². The molecule has 0 aliphatic heterocycles. The van der Waals surface area contributed by atoms with Gasteiger partial charge >= 0.3 is 5.97 Å². The topological polar surface area (TPSA) is 70.5 Å². The van der Waals surface area contributed by atoms with E-state index in [1.807, 2.05) is 20.8 Å². The van der Waals surface area contributed by atoms with Crippen LogP contribution in [0.2, 0.25) is 0 Å². The Balaban J connectivity index is 2.99. The van der Waals surface area contributed by atoms with E-state index in [1.165, 1.54) is 12.3 Å². The molecule has 0 unspecified atom stereocenters. The number of aromatic nitrogens is 1. The number of carbonyl (C=O) groups excluding carboxylic acids is 1. The van der Waals surface area contributed by atoms with Crippen molar-refractivity contribution in [1.82, 2.24) is 4.98 Å². The lowest BCUT2D eigenvalue weighted by molar-refractivity contribution is -0.119. The van der Waals surface area contributed by atoms with Crippen molar-refractivity contribution in [2.24, 2.45) is 0 Å². The Morgan fingerprint density at radius 2 is 2.06 bits per heavy atom. The van der Waals surface area contributed by atoms with E-state index in [0.29, 0.717) is 12.2 Å². The Kier molecular flexibility index (Phi) is 4.83. The summed E-state index contributed by atoms with van der Waals surface area (Å²) < 4.78 is 0. The predicted molar refractivity (Wildman–Crippen MR) is 68.7 cm³/mol. The fourth-order valence-electron chi connectivity index (χ4n) is 1.67. The fraction of sp³-hybridized carbons (Fsp3) is 0.462. The Morgan fingerprint density at radius 3 is 2.44 bits per heavy atom. The molecule has 0 spiro atoms. The molecule has 0 aliphatic carbocycles. The summed E-state index contributed by atoms with van der Waals surface area (Å²) >= 11 is 0. The van der Waals surface area contributed by atoms with Crippen LogP contribution in [-0.4, -0.2) is 28.0 Å². The first-order chi connectivity index (χ1) is 8.47. The second-order valence-electron chi connectivity index (χ2n) is 4.32. The number of hydrogen-bond acceptors (Lipinski definition) is 3. The molecule has 0 radical (unpaired) electrons. The summed E-state index contributed by atoms with van der Waals surface area (Å²) in [7, 11) is 0. The minimum atomic E-state index is -1.02. The third-order valence-electron chi connectivity index (χ3n) is 2.49. The van der Waals surface area contributed by atoms with E-state index in [9.17, 15) is 9.59 Å². The van der Waals surface area contributed by atoms with Crippen LogP contribution in [0.1, 0.15) is 44.0 Å². The smallest absolute Gasteiger partial charge is 0.337 e. The monoisotopic (exact) mass is 250 g/mol. The van der Waals surface area contributed by atoms with Gasteiger partial charge < -0.3 is 5.11 Å². The third kappa shape index (κ3) is 3.29. The maximum absolute atomic E-state index is 12.0. The van der Waals surface area contributed by atoms with Crippen LogP contribution in [0.25, 0.3) is 0 Å². The number of carboxylic acid groups (broad SMARTS) is 1. The number of amides is 1. The van der Waals surface area contributed by atoms with Gasteiger partial charge in [0, 0.05) is 18.7 Å². The number of carbonyl (C=O) groups is 2. The maximum atomic E-state index is 12.0. The first-order valence-corrected chi connectivity index (χ1v) is 5.98. The van der Waals surface area contributed by atoms with Crippen molar-refractivity contribution in [3.05, 3.63) is 23.9 Å². The molecule has 0 aromatic carbocycles. The van der Waals surface area contributed by atoms with Gasteiger partial charge in [0.15, 0.2) is 0 Å². The van der Waals surface area contributed by atoms with Gasteiger partial charge in [0.1, 0.15) is 5.82 Å². The summed E-state index contributed by atoms with van der Waals surface area (Å²) in [6, 6.07) is 3.02. The van der Waals surface area contributed by atoms with Gasteiger partial charge in [0.25, 0.3) is 0 Å². The van der Waals surface area contributed by atoms with Crippen LogP contribution >= 0.6 is 0 Å². The molecule has 0 atom stereocenters. The van der Waals surface area contributed by atoms with Crippen LogP contribution < -0.4 is 4.90 Å². The Labute approximate surface area is 106 Å². The first-order valence-electron chi connectivity index (χ1n) is 5.98. The van der Waals surface area contributed by atoms with Crippen molar-refractivity contribution in [1.29, 1.82) is 0 Å². The molecule has 0 saturated carbocycles. The summed E-state index contributed by atoms with van der Waals surface area (Å²) in [5.41, 5.74) is 0.116.